The topological polar surface area (TPSA) is 109 Å². The zero-order valence-corrected chi connectivity index (χ0v) is 15.1. The van der Waals surface area contributed by atoms with Gasteiger partial charge in [-0.2, -0.15) is 0 Å². The van der Waals surface area contributed by atoms with E-state index in [1.807, 2.05) is 35.7 Å². The number of methoxy groups -OCH3 is 1. The van der Waals surface area contributed by atoms with Gasteiger partial charge in [0, 0.05) is 17.4 Å². The number of anilines is 1. The monoisotopic (exact) mass is 374 g/mol. The van der Waals surface area contributed by atoms with Crippen molar-refractivity contribution in [3.63, 3.8) is 0 Å². The molecule has 1 aromatic carbocycles. The first-order valence-electron chi connectivity index (χ1n) is 7.69. The Morgan fingerprint density at radius 3 is 2.58 bits per heavy atom. The maximum absolute atomic E-state index is 11.7. The number of aliphatic imine (C=N–C) groups is 1. The molecule has 0 atom stereocenters. The summed E-state index contributed by atoms with van der Waals surface area (Å²) >= 11 is 1.28. The lowest BCUT2D eigenvalue weighted by atomic mass is 10.1. The predicted octanol–water partition coefficient (Wildman–Crippen LogP) is 2.85. The van der Waals surface area contributed by atoms with Crippen molar-refractivity contribution in [2.45, 2.75) is 13.3 Å². The van der Waals surface area contributed by atoms with Crippen molar-refractivity contribution in [3.05, 3.63) is 35.7 Å². The van der Waals surface area contributed by atoms with E-state index in [9.17, 15) is 14.4 Å². The second-order valence-corrected chi connectivity index (χ2v) is 5.81. The minimum absolute atomic E-state index is 0.0896. The molecule has 0 fully saturated rings. The summed E-state index contributed by atoms with van der Waals surface area (Å²) in [6.45, 7) is 1.67. The number of nitrogens with zero attached hydrogens (tertiary/aromatic N) is 1. The minimum Gasteiger partial charge on any atom is -0.453 e. The number of nitrogens with one attached hydrogen (secondary N) is 3. The summed E-state index contributed by atoms with van der Waals surface area (Å²) < 4.78 is 4.56. The Kier molecular flexibility index (Phi) is 6.86. The van der Waals surface area contributed by atoms with E-state index in [0.29, 0.717) is 17.1 Å². The Hall–Kier alpha value is -3.20. The van der Waals surface area contributed by atoms with Crippen molar-refractivity contribution in [3.8, 4) is 11.1 Å². The van der Waals surface area contributed by atoms with Gasteiger partial charge in [-0.3, -0.25) is 20.2 Å². The first-order chi connectivity index (χ1) is 12.6. The lowest BCUT2D eigenvalue weighted by Crippen LogP contribution is -2.43. The number of benzene rings is 1. The van der Waals surface area contributed by atoms with Gasteiger partial charge in [0.25, 0.3) is 0 Å². The van der Waals surface area contributed by atoms with Crippen molar-refractivity contribution >= 4 is 46.4 Å². The van der Waals surface area contributed by atoms with Crippen molar-refractivity contribution in [1.82, 2.24) is 10.6 Å². The van der Waals surface area contributed by atoms with E-state index in [1.54, 1.807) is 6.92 Å². The summed E-state index contributed by atoms with van der Waals surface area (Å²) in [5, 5.41) is 9.76. The quantitative estimate of drug-likeness (QED) is 0.425. The molecule has 0 spiro atoms. The predicted molar refractivity (Wildman–Crippen MR) is 101 cm³/mol. The summed E-state index contributed by atoms with van der Waals surface area (Å²) in [6, 6.07) is 9.42. The van der Waals surface area contributed by atoms with Gasteiger partial charge < -0.3 is 10.1 Å². The molecule has 136 valence electrons. The van der Waals surface area contributed by atoms with E-state index in [0.717, 1.165) is 11.1 Å². The van der Waals surface area contributed by atoms with E-state index in [1.165, 1.54) is 18.4 Å². The number of amides is 3. The van der Waals surface area contributed by atoms with E-state index in [-0.39, 0.29) is 18.3 Å². The van der Waals surface area contributed by atoms with Crippen LogP contribution in [0.25, 0.3) is 11.1 Å². The number of hydrogen-bond acceptors (Lipinski definition) is 6. The van der Waals surface area contributed by atoms with E-state index in [2.05, 4.69) is 25.7 Å². The van der Waals surface area contributed by atoms with Crippen LogP contribution in [0.2, 0.25) is 0 Å². The molecule has 1 aromatic heterocycles. The van der Waals surface area contributed by atoms with Crippen LogP contribution in [0.5, 0.6) is 0 Å². The third-order valence-electron chi connectivity index (χ3n) is 3.25. The molecule has 0 aliphatic rings. The molecular weight excluding hydrogens is 356 g/mol. The maximum atomic E-state index is 11.7. The molecule has 0 unspecified atom stereocenters. The van der Waals surface area contributed by atoms with Gasteiger partial charge in [-0.1, -0.05) is 37.3 Å². The highest BCUT2D eigenvalue weighted by atomic mass is 32.1. The molecule has 0 bridgehead atoms. The molecule has 0 aliphatic carbocycles. The molecule has 9 heteroatoms. The number of ether oxygens (including phenoxy) is 1. The third-order valence-corrected chi connectivity index (χ3v) is 4.15. The highest BCUT2D eigenvalue weighted by molar-refractivity contribution is 7.15. The van der Waals surface area contributed by atoms with E-state index < -0.39 is 6.09 Å². The van der Waals surface area contributed by atoms with Crippen LogP contribution in [0.4, 0.5) is 15.5 Å². The molecule has 2 aromatic rings. The molecule has 1 heterocycles. The fourth-order valence-electron chi connectivity index (χ4n) is 2.01. The number of carbonyl (C=O) groups excluding carboxylic acids is 3. The zero-order valence-electron chi connectivity index (χ0n) is 14.2. The molecular formula is C17H18N4O4S. The van der Waals surface area contributed by atoms with Gasteiger partial charge in [-0.25, -0.2) is 9.79 Å². The third kappa shape index (κ3) is 4.90. The van der Waals surface area contributed by atoms with Crippen molar-refractivity contribution < 1.29 is 19.1 Å². The van der Waals surface area contributed by atoms with Gasteiger partial charge in [0.15, 0.2) is 0 Å². The minimum atomic E-state index is -0.776. The smallest absolute Gasteiger partial charge is 0.413 e. The van der Waals surface area contributed by atoms with Gasteiger partial charge in [0.05, 0.1) is 7.11 Å². The average molecular weight is 374 g/mol. The summed E-state index contributed by atoms with van der Waals surface area (Å²) in [5.74, 6) is -0.422. The lowest BCUT2D eigenvalue weighted by Gasteiger charge is -2.10. The maximum Gasteiger partial charge on any atom is 0.413 e. The van der Waals surface area contributed by atoms with Crippen LogP contribution in [0.3, 0.4) is 0 Å². The fourth-order valence-corrected chi connectivity index (χ4v) is 2.88. The fraction of sp³-hybridized carbons (Fsp3) is 0.176. The lowest BCUT2D eigenvalue weighted by molar-refractivity contribution is -0.119. The first kappa shape index (κ1) is 19.1. The first-order valence-corrected chi connectivity index (χ1v) is 8.57. The normalized spacial score (nSPS) is 10.8. The second-order valence-electron chi connectivity index (χ2n) is 4.93. The highest BCUT2D eigenvalue weighted by Gasteiger charge is 2.16. The van der Waals surface area contributed by atoms with Gasteiger partial charge in [-0.15, -0.1) is 11.3 Å². The number of hydrogen-bond donors (Lipinski definition) is 3. The molecule has 0 radical (unpaired) electrons. The van der Waals surface area contributed by atoms with Gasteiger partial charge in [0.2, 0.25) is 18.3 Å². The number of rotatable bonds is 5. The van der Waals surface area contributed by atoms with Crippen LogP contribution in [-0.4, -0.2) is 31.5 Å². The summed E-state index contributed by atoms with van der Waals surface area (Å²) in [4.78, 5) is 38.5. The van der Waals surface area contributed by atoms with Crippen LogP contribution in [0.15, 0.2) is 40.7 Å². The van der Waals surface area contributed by atoms with Gasteiger partial charge >= 0.3 is 6.09 Å². The standard InChI is InChI=1S/C17H18N4O4S/c1-3-13(23)19-16(21-17(24)25-2)20-14-12(9-26-15(14)18-10-22)11-7-5-4-6-8-11/h4-10H,3H2,1-2H3,(H,18,22)(H2,19,20,21,23,24). The Morgan fingerprint density at radius 1 is 1.23 bits per heavy atom. The molecule has 3 N–H and O–H groups in total. The van der Waals surface area contributed by atoms with Crippen LogP contribution in [0, 0.1) is 0 Å². The molecule has 2 rings (SSSR count). The molecule has 3 amide bonds. The number of thiophene rings is 1. The van der Waals surface area contributed by atoms with Crippen molar-refractivity contribution in [2.24, 2.45) is 4.99 Å². The summed E-state index contributed by atoms with van der Waals surface area (Å²) in [5.41, 5.74) is 2.03. The number of guanidine groups is 1. The van der Waals surface area contributed by atoms with Gasteiger partial charge in [-0.05, 0) is 5.56 Å². The molecule has 0 saturated heterocycles. The van der Waals surface area contributed by atoms with Crippen LogP contribution in [-0.2, 0) is 14.3 Å². The van der Waals surface area contributed by atoms with Crippen LogP contribution in [0.1, 0.15) is 13.3 Å². The van der Waals surface area contributed by atoms with Crippen LogP contribution < -0.4 is 16.0 Å². The zero-order chi connectivity index (χ0) is 18.9. The Labute approximate surface area is 154 Å². The largest absolute Gasteiger partial charge is 0.453 e. The average Bonchev–Trinajstić information content (AvgIpc) is 3.04. The molecule has 0 saturated carbocycles. The van der Waals surface area contributed by atoms with Crippen molar-refractivity contribution in [2.75, 3.05) is 12.4 Å². The Morgan fingerprint density at radius 2 is 1.96 bits per heavy atom. The molecule has 8 nitrogen and oxygen atoms in total. The molecule has 0 aliphatic heterocycles. The van der Waals surface area contributed by atoms with Crippen LogP contribution >= 0.6 is 11.3 Å². The Balaban J connectivity index is 2.51. The Bertz CT molecular complexity index is 797. The van der Waals surface area contributed by atoms with Crippen molar-refractivity contribution in [1.29, 1.82) is 0 Å². The number of alkyl carbamates (subject to hydrolysis) is 1. The highest BCUT2D eigenvalue weighted by Crippen LogP contribution is 2.42. The number of carbonyl (C=O) groups is 3. The summed E-state index contributed by atoms with van der Waals surface area (Å²) in [7, 11) is 1.20. The SMILES string of the molecule is CCC(=O)NC(=Nc1c(-c2ccccc2)csc1NC=O)NC(=O)OC. The van der Waals surface area contributed by atoms with Gasteiger partial charge in [0.1, 0.15) is 10.7 Å². The second kappa shape index (κ2) is 9.33. The van der Waals surface area contributed by atoms with E-state index in [4.69, 9.17) is 0 Å². The summed E-state index contributed by atoms with van der Waals surface area (Å²) in [6.07, 6.45) is -0.0321. The molecule has 26 heavy (non-hydrogen) atoms. The van der Waals surface area contributed by atoms with E-state index >= 15 is 0 Å².